The minimum absolute atomic E-state index is 0.0208. The number of aromatic nitrogens is 1. The average molecular weight is 309 g/mol. The zero-order valence-electron chi connectivity index (χ0n) is 11.3. The Kier molecular flexibility index (Phi) is 4.18. The van der Waals surface area contributed by atoms with Crippen molar-refractivity contribution in [3.05, 3.63) is 41.3 Å². The lowest BCUT2D eigenvalue weighted by atomic mass is 10.2. The van der Waals surface area contributed by atoms with E-state index in [1.165, 1.54) is 25.2 Å². The molecular formula is C13H12FN3O3S. The summed E-state index contributed by atoms with van der Waals surface area (Å²) >= 11 is 0.896. The molecule has 0 bridgehead atoms. The highest BCUT2D eigenvalue weighted by Gasteiger charge is 2.24. The zero-order valence-corrected chi connectivity index (χ0v) is 12.1. The monoisotopic (exact) mass is 309 g/mol. The largest absolute Gasteiger partial charge is 0.478 e. The van der Waals surface area contributed by atoms with E-state index >= 15 is 0 Å². The van der Waals surface area contributed by atoms with Gasteiger partial charge in [0.05, 0.1) is 11.4 Å². The SMILES string of the molecule is Cc1nsc(N(C)C(=O)Nc2ccccc2F)c1C(=O)O. The molecule has 0 aliphatic heterocycles. The van der Waals surface area contributed by atoms with Gasteiger partial charge in [0, 0.05) is 7.05 Å². The molecule has 0 aliphatic carbocycles. The van der Waals surface area contributed by atoms with Crippen molar-refractivity contribution in [2.45, 2.75) is 6.92 Å². The summed E-state index contributed by atoms with van der Waals surface area (Å²) < 4.78 is 17.4. The third-order valence-corrected chi connectivity index (χ3v) is 3.80. The molecule has 0 unspecified atom stereocenters. The van der Waals surface area contributed by atoms with Gasteiger partial charge in [-0.15, -0.1) is 0 Å². The number of nitrogens with zero attached hydrogens (tertiary/aromatic N) is 2. The first-order chi connectivity index (χ1) is 9.91. The number of carboxylic acid groups (broad SMARTS) is 1. The molecule has 1 aromatic heterocycles. The number of rotatable bonds is 3. The fourth-order valence-corrected chi connectivity index (χ4v) is 2.53. The number of carbonyl (C=O) groups excluding carboxylic acids is 1. The Morgan fingerprint density at radius 3 is 2.67 bits per heavy atom. The molecule has 0 atom stereocenters. The van der Waals surface area contributed by atoms with Crippen molar-refractivity contribution in [2.24, 2.45) is 0 Å². The number of carboxylic acids is 1. The molecule has 21 heavy (non-hydrogen) atoms. The molecule has 0 spiro atoms. The Bertz CT molecular complexity index is 702. The topological polar surface area (TPSA) is 82.5 Å². The minimum Gasteiger partial charge on any atom is -0.478 e. The predicted molar refractivity (Wildman–Crippen MR) is 77.6 cm³/mol. The number of aromatic carboxylic acids is 1. The van der Waals surface area contributed by atoms with E-state index in [1.54, 1.807) is 13.0 Å². The number of aryl methyl sites for hydroxylation is 1. The van der Waals surface area contributed by atoms with Gasteiger partial charge in [0.25, 0.3) is 0 Å². The number of amides is 2. The number of para-hydroxylation sites is 1. The highest BCUT2D eigenvalue weighted by molar-refractivity contribution is 7.11. The van der Waals surface area contributed by atoms with E-state index in [-0.39, 0.29) is 16.3 Å². The second-order valence-electron chi connectivity index (χ2n) is 4.22. The first-order valence-corrected chi connectivity index (χ1v) is 6.68. The molecule has 1 heterocycles. The van der Waals surface area contributed by atoms with Gasteiger partial charge in [-0.25, -0.2) is 14.0 Å². The van der Waals surface area contributed by atoms with E-state index in [4.69, 9.17) is 5.11 Å². The lowest BCUT2D eigenvalue weighted by molar-refractivity contribution is 0.0697. The molecule has 2 aromatic rings. The second kappa shape index (κ2) is 5.88. The lowest BCUT2D eigenvalue weighted by Crippen LogP contribution is -2.31. The number of carbonyl (C=O) groups is 2. The maximum absolute atomic E-state index is 13.5. The van der Waals surface area contributed by atoms with Crippen LogP contribution in [0.2, 0.25) is 0 Å². The lowest BCUT2D eigenvalue weighted by Gasteiger charge is -2.17. The maximum atomic E-state index is 13.5. The molecule has 0 radical (unpaired) electrons. The minimum atomic E-state index is -1.17. The van der Waals surface area contributed by atoms with Gasteiger partial charge in [-0.05, 0) is 30.6 Å². The Labute approximate surface area is 124 Å². The standard InChI is InChI=1S/C13H12FN3O3S/c1-7-10(12(18)19)11(21-16-7)17(2)13(20)15-9-6-4-3-5-8(9)14/h3-6H,1-2H3,(H,15,20)(H,18,19). The molecule has 6 nitrogen and oxygen atoms in total. The number of benzene rings is 1. The van der Waals surface area contributed by atoms with Crippen molar-refractivity contribution in [1.29, 1.82) is 0 Å². The summed E-state index contributed by atoms with van der Waals surface area (Å²) in [4.78, 5) is 24.4. The fraction of sp³-hybridized carbons (Fsp3) is 0.154. The Morgan fingerprint density at radius 2 is 2.05 bits per heavy atom. The van der Waals surface area contributed by atoms with Gasteiger partial charge in [0.15, 0.2) is 0 Å². The highest BCUT2D eigenvalue weighted by atomic mass is 32.1. The summed E-state index contributed by atoms with van der Waals surface area (Å²) in [7, 11) is 1.40. The van der Waals surface area contributed by atoms with Crippen LogP contribution in [0, 0.1) is 12.7 Å². The van der Waals surface area contributed by atoms with Gasteiger partial charge in [0.2, 0.25) is 0 Å². The summed E-state index contributed by atoms with van der Waals surface area (Å²) in [6.07, 6.45) is 0. The van der Waals surface area contributed by atoms with Crippen LogP contribution in [0.15, 0.2) is 24.3 Å². The van der Waals surface area contributed by atoms with Gasteiger partial charge >= 0.3 is 12.0 Å². The van der Waals surface area contributed by atoms with Gasteiger partial charge in [0.1, 0.15) is 16.4 Å². The Hall–Kier alpha value is -2.48. The van der Waals surface area contributed by atoms with Crippen molar-refractivity contribution < 1.29 is 19.1 Å². The van der Waals surface area contributed by atoms with Crippen molar-refractivity contribution in [3.8, 4) is 0 Å². The van der Waals surface area contributed by atoms with Crippen LogP contribution >= 0.6 is 11.5 Å². The molecule has 2 rings (SSSR count). The molecule has 110 valence electrons. The first kappa shape index (κ1) is 14.9. The molecule has 8 heteroatoms. The van der Waals surface area contributed by atoms with E-state index in [0.29, 0.717) is 5.69 Å². The van der Waals surface area contributed by atoms with Crippen LogP contribution in [0.1, 0.15) is 16.1 Å². The molecule has 0 aliphatic rings. The van der Waals surface area contributed by atoms with E-state index in [1.807, 2.05) is 0 Å². The summed E-state index contributed by atoms with van der Waals surface area (Å²) in [5.41, 5.74) is 0.312. The quantitative estimate of drug-likeness (QED) is 0.913. The number of hydrogen-bond acceptors (Lipinski definition) is 4. The van der Waals surface area contributed by atoms with Gasteiger partial charge in [-0.1, -0.05) is 12.1 Å². The molecule has 0 saturated carbocycles. The summed E-state index contributed by atoms with van der Waals surface area (Å²) in [5, 5.41) is 11.7. The van der Waals surface area contributed by atoms with Crippen LogP contribution in [0.25, 0.3) is 0 Å². The van der Waals surface area contributed by atoms with E-state index in [9.17, 15) is 14.0 Å². The van der Waals surface area contributed by atoms with Gasteiger partial charge in [-0.3, -0.25) is 4.90 Å². The number of anilines is 2. The fourth-order valence-electron chi connectivity index (χ4n) is 1.69. The van der Waals surface area contributed by atoms with Crippen LogP contribution in [0.4, 0.5) is 19.9 Å². The van der Waals surface area contributed by atoms with Crippen LogP contribution in [-0.2, 0) is 0 Å². The molecular weight excluding hydrogens is 297 g/mol. The van der Waals surface area contributed by atoms with Crippen molar-refractivity contribution in [1.82, 2.24) is 4.37 Å². The van der Waals surface area contributed by atoms with Crippen molar-refractivity contribution >= 4 is 34.2 Å². The Balaban J connectivity index is 2.24. The van der Waals surface area contributed by atoms with Crippen LogP contribution in [0.5, 0.6) is 0 Å². The molecule has 0 fully saturated rings. The molecule has 2 amide bonds. The van der Waals surface area contributed by atoms with E-state index < -0.39 is 17.8 Å². The van der Waals surface area contributed by atoms with Crippen LogP contribution in [-0.4, -0.2) is 28.5 Å². The number of hydrogen-bond donors (Lipinski definition) is 2. The van der Waals surface area contributed by atoms with E-state index in [0.717, 1.165) is 16.4 Å². The van der Waals surface area contributed by atoms with Crippen molar-refractivity contribution in [2.75, 3.05) is 17.3 Å². The van der Waals surface area contributed by atoms with Gasteiger partial charge in [-0.2, -0.15) is 4.37 Å². The smallest absolute Gasteiger partial charge is 0.340 e. The van der Waals surface area contributed by atoms with Crippen LogP contribution < -0.4 is 10.2 Å². The molecule has 2 N–H and O–H groups in total. The average Bonchev–Trinajstić information content (AvgIpc) is 2.82. The number of halogens is 1. The first-order valence-electron chi connectivity index (χ1n) is 5.90. The second-order valence-corrected chi connectivity index (χ2v) is 4.97. The summed E-state index contributed by atoms with van der Waals surface area (Å²) in [6, 6.07) is 5.07. The van der Waals surface area contributed by atoms with E-state index in [2.05, 4.69) is 9.69 Å². The highest BCUT2D eigenvalue weighted by Crippen LogP contribution is 2.28. The third kappa shape index (κ3) is 3.00. The van der Waals surface area contributed by atoms with Crippen LogP contribution in [0.3, 0.4) is 0 Å². The molecule has 0 saturated heterocycles. The normalized spacial score (nSPS) is 10.2. The third-order valence-electron chi connectivity index (χ3n) is 2.78. The predicted octanol–water partition coefficient (Wildman–Crippen LogP) is 2.96. The van der Waals surface area contributed by atoms with Crippen molar-refractivity contribution in [3.63, 3.8) is 0 Å². The summed E-state index contributed by atoms with van der Waals surface area (Å²) in [5.74, 6) is -1.74. The Morgan fingerprint density at radius 1 is 1.38 bits per heavy atom. The molecule has 1 aromatic carbocycles. The van der Waals surface area contributed by atoms with Gasteiger partial charge < -0.3 is 10.4 Å². The summed E-state index contributed by atoms with van der Waals surface area (Å²) in [6.45, 7) is 1.55. The maximum Gasteiger partial charge on any atom is 0.340 e. The number of nitrogens with one attached hydrogen (secondary N) is 1. The number of urea groups is 1. The zero-order chi connectivity index (χ0) is 15.6.